The minimum atomic E-state index is -1.43. The van der Waals surface area contributed by atoms with Gasteiger partial charge in [-0.3, -0.25) is 24.6 Å². The second kappa shape index (κ2) is 9.00. The smallest absolute Gasteiger partial charge is 0.324 e. The van der Waals surface area contributed by atoms with Gasteiger partial charge in [0.15, 0.2) is 0 Å². The standard InChI is InChI=1S/C21H20N4O5S/c1-3-12-31-17-7-5-4-6-16(17)22-18(26)13-24-19(27)21(2,23-20(24)28)14-8-10-15(11-9-14)25(29)30/h3-11H,1,12-13H2,2H3,(H,22,26)(H,23,28). The Morgan fingerprint density at radius 1 is 1.26 bits per heavy atom. The van der Waals surface area contributed by atoms with Gasteiger partial charge < -0.3 is 10.6 Å². The van der Waals surface area contributed by atoms with Crippen molar-refractivity contribution >= 4 is 41.0 Å². The van der Waals surface area contributed by atoms with Gasteiger partial charge in [-0.1, -0.05) is 18.2 Å². The van der Waals surface area contributed by atoms with Crippen molar-refractivity contribution < 1.29 is 19.3 Å². The number of nitrogens with zero attached hydrogens (tertiary/aromatic N) is 2. The highest BCUT2D eigenvalue weighted by Gasteiger charge is 2.49. The number of non-ortho nitro benzene ring substituents is 1. The SMILES string of the molecule is C=CCSc1ccccc1NC(=O)CN1C(=O)NC(C)(c2ccc([N+](=O)[O-])cc2)C1=O. The molecule has 1 unspecified atom stereocenters. The molecule has 1 heterocycles. The number of nitrogens with one attached hydrogen (secondary N) is 2. The molecule has 0 aliphatic carbocycles. The van der Waals surface area contributed by atoms with E-state index in [1.165, 1.54) is 43.0 Å². The van der Waals surface area contributed by atoms with Crippen molar-refractivity contribution in [2.45, 2.75) is 17.4 Å². The maximum atomic E-state index is 13.0. The summed E-state index contributed by atoms with van der Waals surface area (Å²) in [5.74, 6) is -0.480. The summed E-state index contributed by atoms with van der Waals surface area (Å²) in [5.41, 5.74) is -0.604. The predicted molar refractivity (Wildman–Crippen MR) is 117 cm³/mol. The van der Waals surface area contributed by atoms with Crippen molar-refractivity contribution in [3.63, 3.8) is 0 Å². The number of anilines is 1. The molecule has 1 saturated heterocycles. The number of benzene rings is 2. The quantitative estimate of drug-likeness (QED) is 0.214. The molecule has 4 amide bonds. The van der Waals surface area contributed by atoms with Crippen molar-refractivity contribution in [3.8, 4) is 0 Å². The molecule has 2 aromatic carbocycles. The number of hydrogen-bond acceptors (Lipinski definition) is 6. The molecule has 160 valence electrons. The third-order valence-corrected chi connectivity index (χ3v) is 5.82. The first-order chi connectivity index (χ1) is 14.8. The van der Waals surface area contributed by atoms with Crippen molar-refractivity contribution in [2.75, 3.05) is 17.6 Å². The first kappa shape index (κ1) is 22.0. The van der Waals surface area contributed by atoms with Gasteiger partial charge in [0.05, 0.1) is 10.6 Å². The molecule has 0 saturated carbocycles. The summed E-state index contributed by atoms with van der Waals surface area (Å²) in [6, 6.07) is 11.8. The average molecular weight is 440 g/mol. The van der Waals surface area contributed by atoms with E-state index in [-0.39, 0.29) is 5.69 Å². The Labute approximate surface area is 182 Å². The molecule has 1 fully saturated rings. The Bertz CT molecular complexity index is 1060. The highest BCUT2D eigenvalue weighted by atomic mass is 32.2. The maximum absolute atomic E-state index is 13.0. The lowest BCUT2D eigenvalue weighted by Gasteiger charge is -2.22. The molecule has 1 aliphatic heterocycles. The molecule has 3 rings (SSSR count). The van der Waals surface area contributed by atoms with Crippen LogP contribution in [0.25, 0.3) is 0 Å². The number of urea groups is 1. The van der Waals surface area contributed by atoms with Crippen LogP contribution in [0.1, 0.15) is 12.5 Å². The minimum Gasteiger partial charge on any atom is -0.324 e. The first-order valence-electron chi connectivity index (χ1n) is 9.28. The highest BCUT2D eigenvalue weighted by Crippen LogP contribution is 2.30. The van der Waals surface area contributed by atoms with Gasteiger partial charge in [0.2, 0.25) is 5.91 Å². The molecule has 1 atom stereocenters. The lowest BCUT2D eigenvalue weighted by atomic mass is 9.92. The molecule has 0 radical (unpaired) electrons. The lowest BCUT2D eigenvalue weighted by Crippen LogP contribution is -2.42. The van der Waals surface area contributed by atoms with Crippen LogP contribution in [0.2, 0.25) is 0 Å². The van der Waals surface area contributed by atoms with Gasteiger partial charge in [-0.15, -0.1) is 18.3 Å². The molecule has 9 nitrogen and oxygen atoms in total. The number of imide groups is 1. The summed E-state index contributed by atoms with van der Waals surface area (Å²) in [6.45, 7) is 4.70. The van der Waals surface area contributed by atoms with E-state index in [9.17, 15) is 24.5 Å². The fraction of sp³-hybridized carbons (Fsp3) is 0.190. The number of para-hydroxylation sites is 1. The molecule has 0 aromatic heterocycles. The second-order valence-corrected chi connectivity index (χ2v) is 7.96. The highest BCUT2D eigenvalue weighted by molar-refractivity contribution is 7.99. The first-order valence-corrected chi connectivity index (χ1v) is 10.3. The van der Waals surface area contributed by atoms with Gasteiger partial charge in [0.25, 0.3) is 11.6 Å². The molecule has 10 heteroatoms. The van der Waals surface area contributed by atoms with E-state index < -0.39 is 34.9 Å². The summed E-state index contributed by atoms with van der Waals surface area (Å²) in [5, 5.41) is 16.2. The molecular formula is C21H20N4O5S. The van der Waals surface area contributed by atoms with E-state index >= 15 is 0 Å². The zero-order valence-corrected chi connectivity index (χ0v) is 17.5. The van der Waals surface area contributed by atoms with Crippen molar-refractivity contribution in [1.29, 1.82) is 0 Å². The number of carbonyl (C=O) groups excluding carboxylic acids is 3. The van der Waals surface area contributed by atoms with E-state index in [0.29, 0.717) is 17.0 Å². The number of rotatable bonds is 8. The molecule has 31 heavy (non-hydrogen) atoms. The fourth-order valence-corrected chi connectivity index (χ4v) is 3.88. The van der Waals surface area contributed by atoms with E-state index in [0.717, 1.165) is 9.80 Å². The average Bonchev–Trinajstić information content (AvgIpc) is 2.97. The van der Waals surface area contributed by atoms with Crippen LogP contribution in [0.5, 0.6) is 0 Å². The van der Waals surface area contributed by atoms with Crippen LogP contribution in [0.3, 0.4) is 0 Å². The van der Waals surface area contributed by atoms with E-state index in [4.69, 9.17) is 0 Å². The van der Waals surface area contributed by atoms with Gasteiger partial charge in [0.1, 0.15) is 12.1 Å². The Kier molecular flexibility index (Phi) is 6.40. The minimum absolute atomic E-state index is 0.131. The van der Waals surface area contributed by atoms with Crippen LogP contribution in [0.15, 0.2) is 66.1 Å². The van der Waals surface area contributed by atoms with Crippen molar-refractivity contribution in [2.24, 2.45) is 0 Å². The summed E-state index contributed by atoms with van der Waals surface area (Å²) in [7, 11) is 0. The van der Waals surface area contributed by atoms with Crippen LogP contribution < -0.4 is 10.6 Å². The monoisotopic (exact) mass is 440 g/mol. The zero-order chi connectivity index (χ0) is 22.6. The van der Waals surface area contributed by atoms with Crippen LogP contribution >= 0.6 is 11.8 Å². The van der Waals surface area contributed by atoms with Crippen molar-refractivity contribution in [1.82, 2.24) is 10.2 Å². The largest absolute Gasteiger partial charge is 0.325 e. The molecular weight excluding hydrogens is 420 g/mol. The Balaban J connectivity index is 1.73. The number of hydrogen-bond donors (Lipinski definition) is 2. The van der Waals surface area contributed by atoms with Crippen LogP contribution in [-0.4, -0.2) is 40.0 Å². The molecule has 0 bridgehead atoms. The van der Waals surface area contributed by atoms with Crippen molar-refractivity contribution in [3.05, 3.63) is 76.9 Å². The predicted octanol–water partition coefficient (Wildman–Crippen LogP) is 3.28. The van der Waals surface area contributed by atoms with Gasteiger partial charge >= 0.3 is 6.03 Å². The normalized spacial score (nSPS) is 17.9. The summed E-state index contributed by atoms with van der Waals surface area (Å²) < 4.78 is 0. The fourth-order valence-electron chi connectivity index (χ4n) is 3.13. The van der Waals surface area contributed by atoms with Crippen LogP contribution in [0, 0.1) is 10.1 Å². The molecule has 1 aliphatic rings. The number of carbonyl (C=O) groups is 3. The van der Waals surface area contributed by atoms with Crippen LogP contribution in [0.4, 0.5) is 16.2 Å². The Morgan fingerprint density at radius 3 is 2.58 bits per heavy atom. The Morgan fingerprint density at radius 2 is 1.94 bits per heavy atom. The third kappa shape index (κ3) is 4.58. The molecule has 2 N–H and O–H groups in total. The summed E-state index contributed by atoms with van der Waals surface area (Å²) >= 11 is 1.49. The molecule has 0 spiro atoms. The summed E-state index contributed by atoms with van der Waals surface area (Å²) in [6.07, 6.45) is 1.75. The number of nitro groups is 1. The number of thioether (sulfide) groups is 1. The maximum Gasteiger partial charge on any atom is 0.325 e. The molecule has 2 aromatic rings. The second-order valence-electron chi connectivity index (χ2n) is 6.89. The number of nitro benzene ring substituents is 1. The zero-order valence-electron chi connectivity index (χ0n) is 16.7. The van der Waals surface area contributed by atoms with Gasteiger partial charge in [0, 0.05) is 22.8 Å². The summed E-state index contributed by atoms with van der Waals surface area (Å²) in [4.78, 5) is 49.9. The van der Waals surface area contributed by atoms with E-state index in [1.807, 2.05) is 12.1 Å². The van der Waals surface area contributed by atoms with Gasteiger partial charge in [-0.2, -0.15) is 0 Å². The number of amides is 4. The van der Waals surface area contributed by atoms with Crippen LogP contribution in [-0.2, 0) is 15.1 Å². The van der Waals surface area contributed by atoms with Gasteiger partial charge in [-0.25, -0.2) is 4.79 Å². The Hall–Kier alpha value is -3.66. The third-order valence-electron chi connectivity index (χ3n) is 4.75. The van der Waals surface area contributed by atoms with Gasteiger partial charge in [-0.05, 0) is 36.8 Å². The van der Waals surface area contributed by atoms with E-state index in [1.54, 1.807) is 18.2 Å². The lowest BCUT2D eigenvalue weighted by molar-refractivity contribution is -0.384. The van der Waals surface area contributed by atoms with E-state index in [2.05, 4.69) is 17.2 Å². The topological polar surface area (TPSA) is 122 Å².